The Hall–Kier alpha value is -5.20. The third-order valence-corrected chi connectivity index (χ3v) is 6.57. The zero-order valence-electron chi connectivity index (χ0n) is 22.7. The molecule has 0 saturated heterocycles. The minimum absolute atomic E-state index is 0.128. The Morgan fingerprint density at radius 1 is 1.05 bits per heavy atom. The molecule has 5 rings (SSSR count). The number of urea groups is 1. The summed E-state index contributed by atoms with van der Waals surface area (Å²) < 4.78 is 52.9. The summed E-state index contributed by atoms with van der Waals surface area (Å²) in [5.41, 5.74) is 1.88. The number of halogens is 4. The van der Waals surface area contributed by atoms with Gasteiger partial charge in [0.25, 0.3) is 5.91 Å². The first-order valence-corrected chi connectivity index (χ1v) is 12.7. The Morgan fingerprint density at radius 3 is 2.57 bits per heavy atom. The number of nitrogens with one attached hydrogen (secondary N) is 3. The Morgan fingerprint density at radius 2 is 1.83 bits per heavy atom. The van der Waals surface area contributed by atoms with E-state index < -0.39 is 29.5 Å². The molecule has 3 aromatic carbocycles. The van der Waals surface area contributed by atoms with Gasteiger partial charge < -0.3 is 15.5 Å². The van der Waals surface area contributed by atoms with Crippen molar-refractivity contribution in [2.24, 2.45) is 0 Å². The largest absolute Gasteiger partial charge is 0.419 e. The summed E-state index contributed by atoms with van der Waals surface area (Å²) in [6.45, 7) is 1.90. The quantitative estimate of drug-likeness (QED) is 0.224. The van der Waals surface area contributed by atoms with Crippen molar-refractivity contribution in [3.05, 3.63) is 94.9 Å². The highest BCUT2D eigenvalue weighted by molar-refractivity contribution is 6.06. The van der Waals surface area contributed by atoms with Crippen LogP contribution in [0.3, 0.4) is 0 Å². The number of benzene rings is 3. The normalized spacial score (nSPS) is 12.8. The standard InChI is InChI=1S/C29H25F4N7O2/c1-16-7-9-20(35-26(41)17-8-10-23(30)22(11-17)29(31,32)33)13-24(16)40-15-18-14-34-27(37-25(18)38-28(40)42)36-19-5-4-6-21(12-19)39(2)3/h4-14H,15H2,1-3H3,(H,35,41)(H2,34,36,37,38,42). The maximum Gasteiger partial charge on any atom is 0.419 e. The van der Waals surface area contributed by atoms with Gasteiger partial charge >= 0.3 is 12.2 Å². The van der Waals surface area contributed by atoms with E-state index in [1.165, 1.54) is 11.0 Å². The highest BCUT2D eigenvalue weighted by atomic mass is 19.4. The van der Waals surface area contributed by atoms with Crippen LogP contribution in [0.4, 0.5) is 56.9 Å². The second kappa shape index (κ2) is 11.0. The zero-order chi connectivity index (χ0) is 30.2. The number of carbonyl (C=O) groups is 2. The van der Waals surface area contributed by atoms with Gasteiger partial charge in [-0.3, -0.25) is 15.0 Å². The van der Waals surface area contributed by atoms with E-state index in [-0.39, 0.29) is 17.8 Å². The van der Waals surface area contributed by atoms with Crippen LogP contribution in [-0.4, -0.2) is 36.0 Å². The maximum absolute atomic E-state index is 13.7. The SMILES string of the molecule is Cc1ccc(NC(=O)c2ccc(F)c(C(F)(F)F)c2)cc1N1Cc2cnc(Nc3cccc(N(C)C)c3)nc2NC1=O. The number of carbonyl (C=O) groups excluding carboxylic acids is 2. The summed E-state index contributed by atoms with van der Waals surface area (Å²) >= 11 is 0. The molecule has 0 aliphatic carbocycles. The lowest BCUT2D eigenvalue weighted by molar-refractivity contribution is -0.140. The smallest absolute Gasteiger partial charge is 0.378 e. The van der Waals surface area contributed by atoms with Gasteiger partial charge in [-0.1, -0.05) is 12.1 Å². The van der Waals surface area contributed by atoms with E-state index in [2.05, 4.69) is 25.9 Å². The highest BCUT2D eigenvalue weighted by Gasteiger charge is 2.35. The van der Waals surface area contributed by atoms with E-state index in [1.807, 2.05) is 43.3 Å². The molecule has 3 N–H and O–H groups in total. The third kappa shape index (κ3) is 5.94. The van der Waals surface area contributed by atoms with Crippen molar-refractivity contribution in [2.75, 3.05) is 39.8 Å². The first kappa shape index (κ1) is 28.3. The molecule has 42 heavy (non-hydrogen) atoms. The van der Waals surface area contributed by atoms with E-state index in [1.54, 1.807) is 25.3 Å². The fraction of sp³-hybridized carbons (Fsp3) is 0.172. The molecule has 0 atom stereocenters. The molecule has 2 heterocycles. The number of aryl methyl sites for hydroxylation is 1. The first-order chi connectivity index (χ1) is 19.9. The van der Waals surface area contributed by atoms with Crippen molar-refractivity contribution in [1.82, 2.24) is 9.97 Å². The van der Waals surface area contributed by atoms with Gasteiger partial charge in [-0.05, 0) is 61.0 Å². The number of hydrogen-bond donors (Lipinski definition) is 3. The predicted octanol–water partition coefficient (Wildman–Crippen LogP) is 6.56. The fourth-order valence-electron chi connectivity index (χ4n) is 4.35. The van der Waals surface area contributed by atoms with Gasteiger partial charge in [-0.15, -0.1) is 0 Å². The Kier molecular flexibility index (Phi) is 7.42. The third-order valence-electron chi connectivity index (χ3n) is 6.57. The van der Waals surface area contributed by atoms with Crippen molar-refractivity contribution in [2.45, 2.75) is 19.6 Å². The van der Waals surface area contributed by atoms with Crippen LogP contribution in [0.1, 0.15) is 27.0 Å². The van der Waals surface area contributed by atoms with Gasteiger partial charge in [0, 0.05) is 48.5 Å². The lowest BCUT2D eigenvalue weighted by Gasteiger charge is -2.30. The number of nitrogens with zero attached hydrogens (tertiary/aromatic N) is 4. The van der Waals surface area contributed by atoms with Gasteiger partial charge in [0.1, 0.15) is 11.6 Å². The zero-order valence-corrected chi connectivity index (χ0v) is 22.7. The Bertz CT molecular complexity index is 1690. The molecule has 9 nitrogen and oxygen atoms in total. The molecular formula is C29H25F4N7O2. The molecule has 1 aromatic heterocycles. The summed E-state index contributed by atoms with van der Waals surface area (Å²) in [4.78, 5) is 38.0. The molecular weight excluding hydrogens is 554 g/mol. The molecule has 0 fully saturated rings. The predicted molar refractivity (Wildman–Crippen MR) is 152 cm³/mol. The summed E-state index contributed by atoms with van der Waals surface area (Å²) in [6, 6.07) is 13.9. The van der Waals surface area contributed by atoms with Crippen LogP contribution in [0.5, 0.6) is 0 Å². The fourth-order valence-corrected chi connectivity index (χ4v) is 4.35. The molecule has 1 aliphatic heterocycles. The van der Waals surface area contributed by atoms with Crippen LogP contribution in [-0.2, 0) is 12.7 Å². The number of alkyl halides is 3. The summed E-state index contributed by atoms with van der Waals surface area (Å²) in [6.07, 6.45) is -3.35. The molecule has 4 aromatic rings. The van der Waals surface area contributed by atoms with Crippen LogP contribution >= 0.6 is 0 Å². The number of aromatic nitrogens is 2. The van der Waals surface area contributed by atoms with Crippen LogP contribution in [0, 0.1) is 12.7 Å². The number of anilines is 6. The van der Waals surface area contributed by atoms with E-state index >= 15 is 0 Å². The van der Waals surface area contributed by atoms with Crippen LogP contribution in [0.25, 0.3) is 0 Å². The lowest BCUT2D eigenvalue weighted by Crippen LogP contribution is -2.39. The molecule has 0 radical (unpaired) electrons. The average molecular weight is 580 g/mol. The molecule has 0 spiro atoms. The van der Waals surface area contributed by atoms with Crippen LogP contribution < -0.4 is 25.8 Å². The Balaban J connectivity index is 1.34. The van der Waals surface area contributed by atoms with Crippen LogP contribution in [0.2, 0.25) is 0 Å². The van der Waals surface area contributed by atoms with E-state index in [9.17, 15) is 27.2 Å². The van der Waals surface area contributed by atoms with Gasteiger partial charge in [-0.2, -0.15) is 18.2 Å². The molecule has 216 valence electrons. The van der Waals surface area contributed by atoms with Crippen molar-refractivity contribution in [1.29, 1.82) is 0 Å². The monoisotopic (exact) mass is 579 g/mol. The van der Waals surface area contributed by atoms with Gasteiger partial charge in [0.2, 0.25) is 5.95 Å². The lowest BCUT2D eigenvalue weighted by atomic mass is 10.1. The van der Waals surface area contributed by atoms with Crippen molar-refractivity contribution < 1.29 is 27.2 Å². The topological polar surface area (TPSA) is 102 Å². The first-order valence-electron chi connectivity index (χ1n) is 12.7. The Labute approximate surface area is 238 Å². The minimum Gasteiger partial charge on any atom is -0.378 e. The van der Waals surface area contributed by atoms with Crippen molar-refractivity contribution in [3.8, 4) is 0 Å². The molecule has 0 unspecified atom stereocenters. The second-order valence-corrected chi connectivity index (χ2v) is 9.80. The minimum atomic E-state index is -4.95. The second-order valence-electron chi connectivity index (χ2n) is 9.80. The summed E-state index contributed by atoms with van der Waals surface area (Å²) in [5.74, 6) is -1.70. The summed E-state index contributed by atoms with van der Waals surface area (Å²) in [5, 5.41) is 8.41. The molecule has 1 aliphatic rings. The number of amides is 3. The average Bonchev–Trinajstić information content (AvgIpc) is 2.93. The van der Waals surface area contributed by atoms with E-state index in [0.717, 1.165) is 17.4 Å². The molecule has 0 saturated carbocycles. The summed E-state index contributed by atoms with van der Waals surface area (Å²) in [7, 11) is 3.86. The molecule has 3 amide bonds. The number of rotatable bonds is 6. The molecule has 0 bridgehead atoms. The van der Waals surface area contributed by atoms with Gasteiger partial charge in [0.15, 0.2) is 0 Å². The van der Waals surface area contributed by atoms with Gasteiger partial charge in [-0.25, -0.2) is 14.2 Å². The maximum atomic E-state index is 13.7. The van der Waals surface area contributed by atoms with Crippen molar-refractivity contribution in [3.63, 3.8) is 0 Å². The van der Waals surface area contributed by atoms with E-state index in [4.69, 9.17) is 0 Å². The van der Waals surface area contributed by atoms with Gasteiger partial charge in [0.05, 0.1) is 17.8 Å². The number of hydrogen-bond acceptors (Lipinski definition) is 6. The van der Waals surface area contributed by atoms with E-state index in [0.29, 0.717) is 40.7 Å². The van der Waals surface area contributed by atoms with Crippen LogP contribution in [0.15, 0.2) is 66.9 Å². The molecule has 13 heteroatoms. The highest BCUT2D eigenvalue weighted by Crippen LogP contribution is 2.33. The number of fused-ring (bicyclic) bond motifs is 1. The van der Waals surface area contributed by atoms with Crippen molar-refractivity contribution >= 4 is 46.5 Å².